The fourth-order valence-electron chi connectivity index (χ4n) is 1.46. The molecule has 2 aromatic heterocycles. The Hall–Kier alpha value is -2.29. The van der Waals surface area contributed by atoms with E-state index in [4.69, 9.17) is 11.6 Å². The molecule has 20 heavy (non-hydrogen) atoms. The molecule has 0 radical (unpaired) electrons. The number of likely N-dealkylation sites (N-methyl/N-ethyl adjacent to an activating group) is 1. The highest BCUT2D eigenvalue weighted by Gasteiger charge is 2.17. The van der Waals surface area contributed by atoms with E-state index in [1.807, 2.05) is 0 Å². The molecule has 0 saturated heterocycles. The van der Waals surface area contributed by atoms with Crippen LogP contribution in [0.1, 0.15) is 6.92 Å². The normalized spacial score (nSPS) is 12.0. The summed E-state index contributed by atoms with van der Waals surface area (Å²) in [4.78, 5) is 29.0. The van der Waals surface area contributed by atoms with Gasteiger partial charge in [0.15, 0.2) is 0 Å². The largest absolute Gasteiger partial charge is 0.347 e. The summed E-state index contributed by atoms with van der Waals surface area (Å²) in [7, 11) is 3.34. The van der Waals surface area contributed by atoms with Gasteiger partial charge in [-0.15, -0.1) is 0 Å². The predicted octanol–water partition coefficient (Wildman–Crippen LogP) is -0.00570. The first-order valence-electron chi connectivity index (χ1n) is 5.71. The average molecular weight is 297 g/mol. The first-order chi connectivity index (χ1) is 9.47. The maximum Gasteiger partial charge on any atom is 0.258 e. The third-order valence-corrected chi connectivity index (χ3v) is 2.55. The first-order valence-corrected chi connectivity index (χ1v) is 6.09. The molecule has 0 bridgehead atoms. The summed E-state index contributed by atoms with van der Waals surface area (Å²) < 4.78 is 1.34. The topological polar surface area (TPSA) is 102 Å². The van der Waals surface area contributed by atoms with Crippen LogP contribution in [0.3, 0.4) is 0 Å². The summed E-state index contributed by atoms with van der Waals surface area (Å²) in [6.45, 7) is 1.70. The number of nitrogens with one attached hydrogen (secondary N) is 1. The van der Waals surface area contributed by atoms with Gasteiger partial charge in [0.05, 0.1) is 0 Å². The van der Waals surface area contributed by atoms with Crippen molar-refractivity contribution >= 4 is 23.5 Å². The minimum Gasteiger partial charge on any atom is -0.347 e. The molecule has 0 saturated carbocycles. The molecule has 9 nitrogen and oxygen atoms in total. The maximum absolute atomic E-state index is 11.8. The summed E-state index contributed by atoms with van der Waals surface area (Å²) in [6.07, 6.45) is 2.78. The number of hydrogen-bond donors (Lipinski definition) is 1. The van der Waals surface area contributed by atoms with Crippen molar-refractivity contribution in [2.45, 2.75) is 13.0 Å². The highest BCUT2D eigenvalue weighted by atomic mass is 35.5. The Morgan fingerprint density at radius 1 is 1.40 bits per heavy atom. The minimum atomic E-state index is -0.493. The quantitative estimate of drug-likeness (QED) is 0.847. The zero-order valence-corrected chi connectivity index (χ0v) is 11.9. The van der Waals surface area contributed by atoms with Gasteiger partial charge in [-0.3, -0.25) is 4.79 Å². The Morgan fingerprint density at radius 2 is 2.15 bits per heavy atom. The lowest BCUT2D eigenvalue weighted by molar-refractivity contribution is -0.129. The van der Waals surface area contributed by atoms with Crippen molar-refractivity contribution in [1.82, 2.24) is 34.6 Å². The second kappa shape index (κ2) is 5.78. The first kappa shape index (κ1) is 14.1. The van der Waals surface area contributed by atoms with Gasteiger partial charge < -0.3 is 10.2 Å². The molecular weight excluding hydrogens is 284 g/mol. The van der Waals surface area contributed by atoms with Gasteiger partial charge in [0.2, 0.25) is 17.1 Å². The zero-order chi connectivity index (χ0) is 14.7. The van der Waals surface area contributed by atoms with Crippen molar-refractivity contribution in [2.75, 3.05) is 19.4 Å². The molecule has 1 atom stereocenters. The van der Waals surface area contributed by atoms with E-state index in [9.17, 15) is 4.79 Å². The molecule has 1 unspecified atom stereocenters. The Bertz CT molecular complexity index is 599. The van der Waals surface area contributed by atoms with E-state index in [1.54, 1.807) is 21.0 Å². The van der Waals surface area contributed by atoms with E-state index in [0.717, 1.165) is 0 Å². The zero-order valence-electron chi connectivity index (χ0n) is 11.1. The lowest BCUT2D eigenvalue weighted by atomic mass is 10.3. The lowest BCUT2D eigenvalue weighted by Crippen LogP contribution is -2.37. The molecular formula is C10H13ClN8O. The number of carbonyl (C=O) groups excluding carboxylic acids is 1. The Morgan fingerprint density at radius 3 is 2.75 bits per heavy atom. The maximum atomic E-state index is 11.8. The highest BCUT2D eigenvalue weighted by molar-refractivity contribution is 6.28. The molecule has 2 aromatic rings. The third-order valence-electron chi connectivity index (χ3n) is 2.38. The monoisotopic (exact) mass is 296 g/mol. The molecule has 1 N–H and O–H groups in total. The molecule has 0 aromatic carbocycles. The van der Waals surface area contributed by atoms with Crippen LogP contribution in [0.4, 0.5) is 5.95 Å². The Balaban J connectivity index is 2.23. The van der Waals surface area contributed by atoms with E-state index in [2.05, 4.69) is 30.4 Å². The van der Waals surface area contributed by atoms with Crippen LogP contribution in [0.2, 0.25) is 5.28 Å². The van der Waals surface area contributed by atoms with Gasteiger partial charge in [0.1, 0.15) is 18.7 Å². The Labute approximate surface area is 120 Å². The van der Waals surface area contributed by atoms with Crippen LogP contribution in [0.15, 0.2) is 12.7 Å². The van der Waals surface area contributed by atoms with Gasteiger partial charge in [-0.05, 0) is 18.5 Å². The molecule has 1 amide bonds. The van der Waals surface area contributed by atoms with Gasteiger partial charge in [-0.1, -0.05) is 0 Å². The number of rotatable bonds is 4. The highest BCUT2D eigenvalue weighted by Crippen LogP contribution is 2.09. The molecule has 0 aliphatic heterocycles. The molecule has 2 heterocycles. The minimum absolute atomic E-state index is 0.00231. The molecule has 106 valence electrons. The van der Waals surface area contributed by atoms with Gasteiger partial charge in [-0.2, -0.15) is 24.7 Å². The van der Waals surface area contributed by atoms with Crippen LogP contribution in [0.25, 0.3) is 5.95 Å². The average Bonchev–Trinajstić information content (AvgIpc) is 2.90. The summed E-state index contributed by atoms with van der Waals surface area (Å²) in [5, 5.41) is 6.77. The van der Waals surface area contributed by atoms with Crippen molar-refractivity contribution in [1.29, 1.82) is 0 Å². The summed E-state index contributed by atoms with van der Waals surface area (Å²) in [5.74, 6) is 0.302. The van der Waals surface area contributed by atoms with Crippen molar-refractivity contribution in [2.24, 2.45) is 0 Å². The van der Waals surface area contributed by atoms with Crippen LogP contribution >= 0.6 is 11.6 Å². The number of anilines is 1. The number of aromatic nitrogens is 6. The molecule has 0 spiro atoms. The van der Waals surface area contributed by atoms with E-state index < -0.39 is 6.04 Å². The van der Waals surface area contributed by atoms with Crippen LogP contribution in [0, 0.1) is 0 Å². The molecule has 0 aliphatic carbocycles. The third kappa shape index (κ3) is 3.18. The summed E-state index contributed by atoms with van der Waals surface area (Å²) >= 11 is 5.83. The van der Waals surface area contributed by atoms with E-state index in [1.165, 1.54) is 22.2 Å². The van der Waals surface area contributed by atoms with Gasteiger partial charge in [0, 0.05) is 14.1 Å². The van der Waals surface area contributed by atoms with Gasteiger partial charge in [0.25, 0.3) is 5.95 Å². The van der Waals surface area contributed by atoms with Crippen molar-refractivity contribution in [3.63, 3.8) is 0 Å². The molecule has 10 heteroatoms. The molecule has 2 rings (SSSR count). The number of halogens is 1. The number of hydrogen-bond acceptors (Lipinski definition) is 7. The fourth-order valence-corrected chi connectivity index (χ4v) is 1.62. The number of carbonyl (C=O) groups is 1. The van der Waals surface area contributed by atoms with Gasteiger partial charge in [-0.25, -0.2) is 4.98 Å². The van der Waals surface area contributed by atoms with Gasteiger partial charge >= 0.3 is 0 Å². The smallest absolute Gasteiger partial charge is 0.258 e. The van der Waals surface area contributed by atoms with Crippen LogP contribution < -0.4 is 5.32 Å². The molecule has 0 fully saturated rings. The second-order valence-electron chi connectivity index (χ2n) is 4.17. The van der Waals surface area contributed by atoms with Crippen molar-refractivity contribution < 1.29 is 4.79 Å². The van der Waals surface area contributed by atoms with E-state index in [-0.39, 0.29) is 23.1 Å². The SMILES string of the molecule is CC(Nc1nc(Cl)nc(-n2cncn2)n1)C(=O)N(C)C. The summed E-state index contributed by atoms with van der Waals surface area (Å²) in [5.41, 5.74) is 0. The Kier molecular flexibility index (Phi) is 4.08. The number of amides is 1. The van der Waals surface area contributed by atoms with Crippen LogP contribution in [-0.2, 0) is 4.79 Å². The standard InChI is InChI=1S/C10H13ClN8O/c1-6(7(20)18(2)3)14-9-15-8(11)16-10(17-9)19-5-12-4-13-19/h4-6H,1-3H3,(H,14,15,16,17). The molecule has 0 aliphatic rings. The fraction of sp³-hybridized carbons (Fsp3) is 0.400. The van der Waals surface area contributed by atoms with Crippen LogP contribution in [-0.4, -0.2) is 60.7 Å². The van der Waals surface area contributed by atoms with Crippen LogP contribution in [0.5, 0.6) is 0 Å². The van der Waals surface area contributed by atoms with E-state index in [0.29, 0.717) is 0 Å². The van der Waals surface area contributed by atoms with Crippen molar-refractivity contribution in [3.8, 4) is 5.95 Å². The predicted molar refractivity (Wildman–Crippen MR) is 71.5 cm³/mol. The number of nitrogens with zero attached hydrogens (tertiary/aromatic N) is 7. The summed E-state index contributed by atoms with van der Waals surface area (Å²) in [6, 6.07) is -0.493. The van der Waals surface area contributed by atoms with Crippen molar-refractivity contribution in [3.05, 3.63) is 17.9 Å². The second-order valence-corrected chi connectivity index (χ2v) is 4.50. The lowest BCUT2D eigenvalue weighted by Gasteiger charge is -2.17. The van der Waals surface area contributed by atoms with E-state index >= 15 is 0 Å².